The van der Waals surface area contributed by atoms with E-state index in [1.165, 1.54) is 0 Å². The molecule has 2 aromatic carbocycles. The fraction of sp³-hybridized carbons (Fsp3) is 0.217. The Hall–Kier alpha value is -3.34. The van der Waals surface area contributed by atoms with Crippen molar-refractivity contribution in [2.24, 2.45) is 0 Å². The largest absolute Gasteiger partial charge is 0.462 e. The van der Waals surface area contributed by atoms with Crippen molar-refractivity contribution in [1.29, 1.82) is 0 Å². The summed E-state index contributed by atoms with van der Waals surface area (Å²) in [7, 11) is 0. The van der Waals surface area contributed by atoms with Crippen LogP contribution in [0.1, 0.15) is 36.8 Å². The highest BCUT2D eigenvalue weighted by molar-refractivity contribution is 6.03. The Morgan fingerprint density at radius 3 is 2.36 bits per heavy atom. The highest BCUT2D eigenvalue weighted by Gasteiger charge is 2.25. The molecule has 0 radical (unpaired) electrons. The smallest absolute Gasteiger partial charge is 0.340 e. The number of H-pyrrole nitrogens is 2. The number of hydrogen-bond acceptors (Lipinski definition) is 3. The van der Waals surface area contributed by atoms with Crippen LogP contribution >= 0.6 is 0 Å². The van der Waals surface area contributed by atoms with Gasteiger partial charge in [-0.15, -0.1) is 0 Å². The summed E-state index contributed by atoms with van der Waals surface area (Å²) in [6.45, 7) is 8.02. The van der Waals surface area contributed by atoms with Gasteiger partial charge < -0.3 is 14.7 Å². The Morgan fingerprint density at radius 2 is 1.68 bits per heavy atom. The van der Waals surface area contributed by atoms with E-state index in [9.17, 15) is 4.79 Å². The van der Waals surface area contributed by atoms with Gasteiger partial charge in [-0.25, -0.2) is 9.78 Å². The first-order valence-corrected chi connectivity index (χ1v) is 9.59. The first-order chi connectivity index (χ1) is 13.7. The maximum atomic E-state index is 12.6. The van der Waals surface area contributed by atoms with Crippen LogP contribution in [0.2, 0.25) is 0 Å². The molecule has 5 heteroatoms. The van der Waals surface area contributed by atoms with Gasteiger partial charge in [-0.2, -0.15) is 0 Å². The fourth-order valence-corrected chi connectivity index (χ4v) is 3.23. The second-order valence-corrected chi connectivity index (χ2v) is 6.06. The number of aromatic amines is 2. The summed E-state index contributed by atoms with van der Waals surface area (Å²) in [5.41, 5.74) is 5.67. The number of para-hydroxylation sites is 2. The monoisotopic (exact) mass is 375 g/mol. The lowest BCUT2D eigenvalue weighted by Gasteiger charge is -2.07. The molecule has 2 heterocycles. The van der Waals surface area contributed by atoms with E-state index in [2.05, 4.69) is 15.0 Å². The molecule has 0 aliphatic heterocycles. The molecule has 0 unspecified atom stereocenters. The van der Waals surface area contributed by atoms with Crippen molar-refractivity contribution >= 4 is 17.0 Å². The van der Waals surface area contributed by atoms with E-state index in [4.69, 9.17) is 4.74 Å². The minimum atomic E-state index is -0.331. The molecule has 0 bridgehead atoms. The van der Waals surface area contributed by atoms with Crippen LogP contribution < -0.4 is 0 Å². The number of aryl methyl sites for hydroxylation is 1. The first-order valence-electron chi connectivity index (χ1n) is 9.59. The lowest BCUT2D eigenvalue weighted by Crippen LogP contribution is -2.06. The van der Waals surface area contributed by atoms with Crippen LogP contribution in [-0.2, 0) is 4.74 Å². The number of benzene rings is 2. The number of carbonyl (C=O) groups excluding carboxylic acids is 1. The van der Waals surface area contributed by atoms with Crippen LogP contribution in [0.15, 0.2) is 54.6 Å². The molecule has 28 heavy (non-hydrogen) atoms. The van der Waals surface area contributed by atoms with Gasteiger partial charge in [-0.05, 0) is 31.5 Å². The standard InChI is InChI=1S/C21H19N3O2.C2H6/c1-3-26-21(25)17-13(2)22-19(18(17)14-9-5-4-6-10-14)20-23-15-11-7-8-12-16(15)24-20;1-2/h4-12,22H,3H2,1-2H3,(H,23,24);1-2H3. The first kappa shape index (κ1) is 19.4. The second-order valence-electron chi connectivity index (χ2n) is 6.06. The molecule has 4 aromatic rings. The molecule has 0 fully saturated rings. The Kier molecular flexibility index (Phi) is 5.94. The molecule has 2 aromatic heterocycles. The molecule has 0 saturated carbocycles. The van der Waals surface area contributed by atoms with Gasteiger partial charge >= 0.3 is 5.97 Å². The van der Waals surface area contributed by atoms with Gasteiger partial charge in [0.15, 0.2) is 5.82 Å². The number of rotatable bonds is 4. The van der Waals surface area contributed by atoms with Gasteiger partial charge in [0.25, 0.3) is 0 Å². The van der Waals surface area contributed by atoms with Crippen LogP contribution in [0.4, 0.5) is 0 Å². The average molecular weight is 375 g/mol. The van der Waals surface area contributed by atoms with Crippen molar-refractivity contribution in [1.82, 2.24) is 15.0 Å². The number of aromatic nitrogens is 3. The van der Waals surface area contributed by atoms with Crippen LogP contribution in [-0.4, -0.2) is 27.5 Å². The molecular weight excluding hydrogens is 350 g/mol. The summed E-state index contributed by atoms with van der Waals surface area (Å²) in [5, 5.41) is 0. The summed E-state index contributed by atoms with van der Waals surface area (Å²) in [5.74, 6) is 0.367. The lowest BCUT2D eigenvalue weighted by atomic mass is 10.00. The number of nitrogens with zero attached hydrogens (tertiary/aromatic N) is 1. The quantitative estimate of drug-likeness (QED) is 0.447. The van der Waals surface area contributed by atoms with Gasteiger partial charge in [0, 0.05) is 11.3 Å². The van der Waals surface area contributed by atoms with E-state index in [0.717, 1.165) is 33.5 Å². The maximum Gasteiger partial charge on any atom is 0.340 e. The van der Waals surface area contributed by atoms with Crippen molar-refractivity contribution in [3.63, 3.8) is 0 Å². The minimum Gasteiger partial charge on any atom is -0.462 e. The number of imidazole rings is 1. The predicted molar refractivity (Wildman–Crippen MR) is 113 cm³/mol. The normalized spacial score (nSPS) is 10.4. The van der Waals surface area contributed by atoms with E-state index in [1.54, 1.807) is 0 Å². The Balaban J connectivity index is 0.00000109. The molecule has 144 valence electrons. The van der Waals surface area contributed by atoms with Crippen LogP contribution in [0, 0.1) is 6.92 Å². The van der Waals surface area contributed by atoms with E-state index in [1.807, 2.05) is 82.3 Å². The number of fused-ring (bicyclic) bond motifs is 1. The summed E-state index contributed by atoms with van der Waals surface area (Å²) >= 11 is 0. The average Bonchev–Trinajstić information content (AvgIpc) is 3.31. The summed E-state index contributed by atoms with van der Waals surface area (Å²) in [6.07, 6.45) is 0. The molecule has 0 aliphatic rings. The van der Waals surface area contributed by atoms with Crippen LogP contribution in [0.3, 0.4) is 0 Å². The lowest BCUT2D eigenvalue weighted by molar-refractivity contribution is 0.0526. The Bertz CT molecular complexity index is 1040. The molecule has 0 spiro atoms. The third-order valence-electron chi connectivity index (χ3n) is 4.36. The summed E-state index contributed by atoms with van der Waals surface area (Å²) in [6, 6.07) is 17.7. The molecule has 0 saturated heterocycles. The highest BCUT2D eigenvalue weighted by atomic mass is 16.5. The summed E-state index contributed by atoms with van der Waals surface area (Å²) in [4.78, 5) is 24.0. The van der Waals surface area contributed by atoms with Crippen molar-refractivity contribution in [2.45, 2.75) is 27.7 Å². The third-order valence-corrected chi connectivity index (χ3v) is 4.36. The second kappa shape index (κ2) is 8.57. The molecule has 0 amide bonds. The third kappa shape index (κ3) is 3.56. The highest BCUT2D eigenvalue weighted by Crippen LogP contribution is 2.36. The molecule has 2 N–H and O–H groups in total. The minimum absolute atomic E-state index is 0.331. The topological polar surface area (TPSA) is 70.8 Å². The van der Waals surface area contributed by atoms with E-state index < -0.39 is 0 Å². The number of ether oxygens (including phenoxy) is 1. The molecule has 5 nitrogen and oxygen atoms in total. The zero-order valence-electron chi connectivity index (χ0n) is 16.7. The van der Waals surface area contributed by atoms with E-state index in [-0.39, 0.29) is 5.97 Å². The molecule has 4 rings (SSSR count). The van der Waals surface area contributed by atoms with E-state index >= 15 is 0 Å². The van der Waals surface area contributed by atoms with E-state index in [0.29, 0.717) is 18.0 Å². The Labute approximate surface area is 164 Å². The predicted octanol–water partition coefficient (Wildman–Crippen LogP) is 5.74. The SMILES string of the molecule is CC.CCOC(=O)c1c(C)[nH]c(-c2nc3ccccc3[nH]2)c1-c1ccccc1. The van der Waals surface area contributed by atoms with Gasteiger partial charge in [0.1, 0.15) is 0 Å². The number of nitrogens with one attached hydrogen (secondary N) is 2. The van der Waals surface area contributed by atoms with Gasteiger partial charge in [-0.1, -0.05) is 56.3 Å². The number of hydrogen-bond donors (Lipinski definition) is 2. The number of esters is 1. The van der Waals surface area contributed by atoms with Crippen molar-refractivity contribution in [3.05, 3.63) is 65.9 Å². The van der Waals surface area contributed by atoms with Gasteiger partial charge in [-0.3, -0.25) is 0 Å². The molecular formula is C23H25N3O2. The Morgan fingerprint density at radius 1 is 1.00 bits per heavy atom. The van der Waals surface area contributed by atoms with Gasteiger partial charge in [0.2, 0.25) is 0 Å². The number of carbonyl (C=O) groups is 1. The van der Waals surface area contributed by atoms with Crippen molar-refractivity contribution < 1.29 is 9.53 Å². The van der Waals surface area contributed by atoms with Crippen LogP contribution in [0.5, 0.6) is 0 Å². The zero-order chi connectivity index (χ0) is 20.1. The van der Waals surface area contributed by atoms with Crippen molar-refractivity contribution in [2.75, 3.05) is 6.61 Å². The van der Waals surface area contributed by atoms with Crippen molar-refractivity contribution in [3.8, 4) is 22.6 Å². The zero-order valence-corrected chi connectivity index (χ0v) is 16.7. The molecule has 0 aliphatic carbocycles. The van der Waals surface area contributed by atoms with Crippen LogP contribution in [0.25, 0.3) is 33.7 Å². The van der Waals surface area contributed by atoms with Gasteiger partial charge in [0.05, 0.1) is 28.9 Å². The maximum absolute atomic E-state index is 12.6. The fourth-order valence-electron chi connectivity index (χ4n) is 3.23. The molecule has 0 atom stereocenters. The summed E-state index contributed by atoms with van der Waals surface area (Å²) < 4.78 is 5.29.